The van der Waals surface area contributed by atoms with Gasteiger partial charge in [-0.25, -0.2) is 0 Å². The Morgan fingerprint density at radius 1 is 0.696 bits per heavy atom. The van der Waals surface area contributed by atoms with Crippen molar-refractivity contribution >= 4 is 5.78 Å². The summed E-state index contributed by atoms with van der Waals surface area (Å²) in [6, 6.07) is 8.22. The first kappa shape index (κ1) is 19.9. The molecule has 0 spiro atoms. The van der Waals surface area contributed by atoms with Gasteiger partial charge in [-0.3, -0.25) is 4.79 Å². The number of ketones is 1. The summed E-state index contributed by atoms with van der Waals surface area (Å²) in [7, 11) is 0. The van der Waals surface area contributed by atoms with Crippen molar-refractivity contribution in [2.24, 2.45) is 0 Å². The first-order valence-electron chi connectivity index (χ1n) is 9.90. The zero-order valence-electron chi connectivity index (χ0n) is 15.4. The molecule has 0 aliphatic heterocycles. The van der Waals surface area contributed by atoms with E-state index in [2.05, 4.69) is 19.1 Å². The molecule has 1 aromatic rings. The maximum absolute atomic E-state index is 11.6. The average molecular weight is 317 g/mol. The van der Waals surface area contributed by atoms with Crippen LogP contribution in [-0.4, -0.2) is 5.78 Å². The number of aryl methyl sites for hydroxylation is 1. The van der Waals surface area contributed by atoms with Gasteiger partial charge in [-0.15, -0.1) is 0 Å². The van der Waals surface area contributed by atoms with Gasteiger partial charge in [-0.1, -0.05) is 102 Å². The summed E-state index contributed by atoms with van der Waals surface area (Å²) in [5.74, 6) is 0.242. The van der Waals surface area contributed by atoms with Crippen LogP contribution in [0.15, 0.2) is 24.3 Å². The van der Waals surface area contributed by atoms with Crippen LogP contribution in [0.5, 0.6) is 0 Å². The summed E-state index contributed by atoms with van der Waals surface area (Å²) in [5.41, 5.74) is 2.23. The molecule has 1 aromatic carbocycles. The molecule has 0 unspecified atom stereocenters. The smallest absolute Gasteiger partial charge is 0.162 e. The Balaban J connectivity index is 1.97. The molecule has 0 aliphatic rings. The third kappa shape index (κ3) is 9.58. The van der Waals surface area contributed by atoms with Crippen molar-refractivity contribution in [2.75, 3.05) is 0 Å². The van der Waals surface area contributed by atoms with Gasteiger partial charge in [0, 0.05) is 12.0 Å². The maximum Gasteiger partial charge on any atom is 0.162 e. The molecule has 1 nitrogen and oxygen atoms in total. The molecule has 0 N–H and O–H groups in total. The van der Waals surface area contributed by atoms with E-state index in [9.17, 15) is 4.79 Å². The second-order valence-electron chi connectivity index (χ2n) is 6.76. The molecular weight excluding hydrogens is 280 g/mol. The summed E-state index contributed by atoms with van der Waals surface area (Å²) < 4.78 is 0. The number of carbonyl (C=O) groups excluding carboxylic acids is 1. The van der Waals surface area contributed by atoms with E-state index in [-0.39, 0.29) is 5.78 Å². The lowest BCUT2D eigenvalue weighted by Gasteiger charge is -2.04. The molecular formula is C22H36O. The number of carbonyl (C=O) groups is 1. The largest absolute Gasteiger partial charge is 0.294 e. The van der Waals surface area contributed by atoms with Gasteiger partial charge >= 0.3 is 0 Å². The molecule has 0 amide bonds. The van der Waals surface area contributed by atoms with Crippen molar-refractivity contribution in [3.05, 3.63) is 35.4 Å². The number of benzene rings is 1. The van der Waals surface area contributed by atoms with E-state index in [1.54, 1.807) is 0 Å². The van der Waals surface area contributed by atoms with Crippen LogP contribution in [0.25, 0.3) is 0 Å². The Hall–Kier alpha value is -1.11. The minimum Gasteiger partial charge on any atom is -0.294 e. The van der Waals surface area contributed by atoms with E-state index in [0.29, 0.717) is 6.42 Å². The first-order valence-corrected chi connectivity index (χ1v) is 9.90. The third-order valence-corrected chi connectivity index (χ3v) is 4.67. The van der Waals surface area contributed by atoms with Gasteiger partial charge in [0.1, 0.15) is 0 Å². The number of rotatable bonds is 14. The molecule has 23 heavy (non-hydrogen) atoms. The minimum absolute atomic E-state index is 0.242. The zero-order chi connectivity index (χ0) is 16.8. The predicted molar refractivity (Wildman–Crippen MR) is 101 cm³/mol. The fourth-order valence-electron chi connectivity index (χ4n) is 3.05. The van der Waals surface area contributed by atoms with Gasteiger partial charge in [0.2, 0.25) is 0 Å². The second kappa shape index (κ2) is 13.3. The summed E-state index contributed by atoms with van der Waals surface area (Å²) in [6.45, 7) is 4.19. The lowest BCUT2D eigenvalue weighted by Crippen LogP contribution is -1.96. The molecule has 130 valence electrons. The van der Waals surface area contributed by atoms with Gasteiger partial charge in [0.25, 0.3) is 0 Å². The standard InChI is InChI=1S/C22H36O/c1-3-5-6-7-8-9-10-11-12-13-14-15-20-16-18-21(19-17-20)22(23)4-2/h16-19H,3-15H2,1-2H3. The predicted octanol–water partition coefficient (Wildman–Crippen LogP) is 7.13. The SMILES string of the molecule is CCCCCCCCCCCCCc1ccc(C(=O)CC)cc1. The van der Waals surface area contributed by atoms with Crippen LogP contribution in [-0.2, 0) is 6.42 Å². The van der Waals surface area contributed by atoms with Crippen LogP contribution in [0.1, 0.15) is 107 Å². The van der Waals surface area contributed by atoms with E-state index >= 15 is 0 Å². The summed E-state index contributed by atoms with van der Waals surface area (Å²) in [6.07, 6.45) is 17.0. The number of hydrogen-bond acceptors (Lipinski definition) is 1. The van der Waals surface area contributed by atoms with Crippen LogP contribution in [0.2, 0.25) is 0 Å². The zero-order valence-corrected chi connectivity index (χ0v) is 15.4. The molecule has 0 heterocycles. The van der Waals surface area contributed by atoms with Crippen LogP contribution < -0.4 is 0 Å². The fourth-order valence-corrected chi connectivity index (χ4v) is 3.05. The van der Waals surface area contributed by atoms with Crippen LogP contribution in [0.4, 0.5) is 0 Å². The molecule has 0 saturated heterocycles. The van der Waals surface area contributed by atoms with Crippen LogP contribution >= 0.6 is 0 Å². The maximum atomic E-state index is 11.6. The Bertz CT molecular complexity index is 404. The quantitative estimate of drug-likeness (QED) is 0.263. The lowest BCUT2D eigenvalue weighted by atomic mass is 10.0. The molecule has 1 rings (SSSR count). The van der Waals surface area contributed by atoms with Gasteiger partial charge < -0.3 is 0 Å². The van der Waals surface area contributed by atoms with Gasteiger partial charge in [0.15, 0.2) is 5.78 Å². The fraction of sp³-hybridized carbons (Fsp3) is 0.682. The van der Waals surface area contributed by atoms with E-state index < -0.39 is 0 Å². The molecule has 0 atom stereocenters. The highest BCUT2D eigenvalue weighted by Crippen LogP contribution is 2.14. The van der Waals surface area contributed by atoms with Crippen LogP contribution in [0.3, 0.4) is 0 Å². The highest BCUT2D eigenvalue weighted by molar-refractivity contribution is 5.95. The average Bonchev–Trinajstić information content (AvgIpc) is 2.59. The molecule has 0 radical (unpaired) electrons. The van der Waals surface area contributed by atoms with Crippen molar-refractivity contribution in [1.82, 2.24) is 0 Å². The van der Waals surface area contributed by atoms with E-state index in [0.717, 1.165) is 12.0 Å². The minimum atomic E-state index is 0.242. The van der Waals surface area contributed by atoms with Crippen molar-refractivity contribution in [3.8, 4) is 0 Å². The topological polar surface area (TPSA) is 17.1 Å². The van der Waals surface area contributed by atoms with Crippen molar-refractivity contribution < 1.29 is 4.79 Å². The Morgan fingerprint density at radius 2 is 1.17 bits per heavy atom. The van der Waals surface area contributed by atoms with Crippen molar-refractivity contribution in [2.45, 2.75) is 97.3 Å². The number of unbranched alkanes of at least 4 members (excludes halogenated alkanes) is 10. The molecule has 0 aromatic heterocycles. The number of Topliss-reactive ketones (excluding diaryl/α,β-unsaturated/α-hetero) is 1. The second-order valence-corrected chi connectivity index (χ2v) is 6.76. The van der Waals surface area contributed by atoms with E-state index in [1.165, 1.54) is 76.2 Å². The monoisotopic (exact) mass is 316 g/mol. The van der Waals surface area contributed by atoms with E-state index in [4.69, 9.17) is 0 Å². The highest BCUT2D eigenvalue weighted by Gasteiger charge is 2.02. The first-order chi connectivity index (χ1) is 11.3. The summed E-state index contributed by atoms with van der Waals surface area (Å²) in [4.78, 5) is 11.6. The van der Waals surface area contributed by atoms with E-state index in [1.807, 2.05) is 19.1 Å². The molecule has 1 heteroatoms. The summed E-state index contributed by atoms with van der Waals surface area (Å²) >= 11 is 0. The highest BCUT2D eigenvalue weighted by atomic mass is 16.1. The Kier molecular flexibility index (Phi) is 11.6. The molecule has 0 fully saturated rings. The number of hydrogen-bond donors (Lipinski definition) is 0. The molecule has 0 saturated carbocycles. The van der Waals surface area contributed by atoms with Gasteiger partial charge in [-0.2, -0.15) is 0 Å². The molecule has 0 bridgehead atoms. The van der Waals surface area contributed by atoms with Gasteiger partial charge in [0.05, 0.1) is 0 Å². The van der Waals surface area contributed by atoms with Crippen molar-refractivity contribution in [3.63, 3.8) is 0 Å². The molecule has 0 aliphatic carbocycles. The summed E-state index contributed by atoms with van der Waals surface area (Å²) in [5, 5.41) is 0. The lowest BCUT2D eigenvalue weighted by molar-refractivity contribution is 0.0988. The van der Waals surface area contributed by atoms with Crippen molar-refractivity contribution in [1.29, 1.82) is 0 Å². The van der Waals surface area contributed by atoms with Crippen LogP contribution in [0, 0.1) is 0 Å². The Labute approximate surface area is 143 Å². The van der Waals surface area contributed by atoms with Gasteiger partial charge in [-0.05, 0) is 18.4 Å². The normalized spacial score (nSPS) is 10.9. The third-order valence-electron chi connectivity index (χ3n) is 4.67. The Morgan fingerprint density at radius 3 is 1.65 bits per heavy atom.